The fourth-order valence-electron chi connectivity index (χ4n) is 11.0. The van der Waals surface area contributed by atoms with Crippen molar-refractivity contribution in [3.05, 3.63) is 205 Å². The van der Waals surface area contributed by atoms with Crippen LogP contribution in [0.1, 0.15) is 52.7 Å². The van der Waals surface area contributed by atoms with E-state index in [-0.39, 0.29) is 10.8 Å². The van der Waals surface area contributed by atoms with Crippen molar-refractivity contribution < 1.29 is 20.8 Å². The molecule has 0 bridgehead atoms. The largest absolute Gasteiger partial charge is 0.184 e. The van der Waals surface area contributed by atoms with Crippen molar-refractivity contribution in [2.75, 3.05) is 0 Å². The first-order chi connectivity index (χ1) is 38.4. The molecular formula is C74H85Cl2Si5Zr-3. The molecule has 0 amide bonds. The van der Waals surface area contributed by atoms with Crippen LogP contribution in [0, 0.1) is 6.07 Å². The zero-order valence-corrected chi connectivity index (χ0v) is 61.1. The Morgan fingerprint density at radius 3 is 1.12 bits per heavy atom. The van der Waals surface area contributed by atoms with Crippen LogP contribution in [0.3, 0.4) is 0 Å². The molecule has 11 rings (SSSR count). The number of fused-ring (bicyclic) bond motifs is 5. The molecule has 10 aromatic carbocycles. The number of halogens is 2. The minimum Gasteiger partial charge on any atom is -0.184 e. The molecule has 1 heterocycles. The van der Waals surface area contributed by atoms with Crippen molar-refractivity contribution in [2.45, 2.75) is 131 Å². The van der Waals surface area contributed by atoms with Gasteiger partial charge in [0.05, 0.1) is 41.8 Å². The Kier molecular flexibility index (Phi) is 19.6. The maximum absolute atomic E-state index is 4.93. The van der Waals surface area contributed by atoms with E-state index < -0.39 is 53.1 Å². The summed E-state index contributed by atoms with van der Waals surface area (Å²) in [6.45, 7) is 43.8. The average Bonchev–Trinajstić information content (AvgIpc) is 4.21. The van der Waals surface area contributed by atoms with Gasteiger partial charge in [0.25, 0.3) is 0 Å². The second-order valence-electron chi connectivity index (χ2n) is 28.5. The molecule has 0 atom stereocenters. The standard InChI is InChI=1S/2C31H39Si2.C12H7Si.2ClH.Zr/c2*1-31(2,3)29-16-15-23-17-24(22-13-11-10-12-14-22)20-28(23)30(29)25-18-26(32(4,5)6)21-27(19-25)33(7,8)9;1-3-7-11-9(5-1)10-6-2-4-8-12(10)13-11;;;/h2*10-21H,1-9H3;1-7H;2*1H;/q3*-1;;;+2/p-2. The van der Waals surface area contributed by atoms with E-state index >= 15 is 0 Å². The van der Waals surface area contributed by atoms with Crippen LogP contribution >= 0.6 is 17.0 Å². The summed E-state index contributed by atoms with van der Waals surface area (Å²) in [4.78, 5) is 0. The van der Waals surface area contributed by atoms with Crippen molar-refractivity contribution >= 4 is 112 Å². The van der Waals surface area contributed by atoms with E-state index in [1.165, 1.54) is 98.7 Å². The minimum absolute atomic E-state index is 0.0716. The summed E-state index contributed by atoms with van der Waals surface area (Å²) < 4.78 is 0. The van der Waals surface area contributed by atoms with E-state index in [2.05, 4.69) is 308 Å². The van der Waals surface area contributed by atoms with Crippen molar-refractivity contribution in [3.63, 3.8) is 0 Å². The summed E-state index contributed by atoms with van der Waals surface area (Å²) in [5.41, 5.74) is 16.7. The fourth-order valence-corrected chi connectivity index (χ4v) is 17.3. The molecule has 0 saturated heterocycles. The quantitative estimate of drug-likeness (QED) is 0.105. The van der Waals surface area contributed by atoms with Gasteiger partial charge in [0, 0.05) is 0 Å². The van der Waals surface area contributed by atoms with Gasteiger partial charge in [0.15, 0.2) is 0 Å². The van der Waals surface area contributed by atoms with E-state index in [1.807, 2.05) is 6.07 Å². The molecule has 0 aromatic heterocycles. The van der Waals surface area contributed by atoms with Gasteiger partial charge >= 0.3 is 37.9 Å². The van der Waals surface area contributed by atoms with Gasteiger partial charge in [-0.1, -0.05) is 296 Å². The number of benzene rings is 8. The van der Waals surface area contributed by atoms with Crippen LogP contribution in [0.2, 0.25) is 78.6 Å². The van der Waals surface area contributed by atoms with Crippen LogP contribution in [0.15, 0.2) is 188 Å². The van der Waals surface area contributed by atoms with Gasteiger partial charge in [-0.3, -0.25) is 0 Å². The second kappa shape index (κ2) is 25.2. The van der Waals surface area contributed by atoms with Crippen LogP contribution < -0.4 is 31.1 Å². The van der Waals surface area contributed by atoms with Gasteiger partial charge in [0.1, 0.15) is 0 Å². The van der Waals surface area contributed by atoms with Gasteiger partial charge in [-0.25, -0.2) is 0 Å². The Bertz CT molecular complexity index is 3510. The monoisotopic (exact) mass is 1270 g/mol. The molecule has 0 spiro atoms. The molecule has 2 radical (unpaired) electrons. The summed E-state index contributed by atoms with van der Waals surface area (Å²) in [5, 5.41) is 14.6. The van der Waals surface area contributed by atoms with Gasteiger partial charge in [0.2, 0.25) is 0 Å². The first kappa shape index (κ1) is 63.5. The Labute approximate surface area is 519 Å². The Hall–Kier alpha value is -4.47. The maximum atomic E-state index is 4.93. The zero-order valence-electron chi connectivity index (χ0n) is 52.2. The molecule has 0 fully saturated rings. The third-order valence-electron chi connectivity index (χ3n) is 15.9. The van der Waals surface area contributed by atoms with E-state index in [0.29, 0.717) is 0 Å². The number of hydrogen-bond acceptors (Lipinski definition) is 0. The molecule has 422 valence electrons. The molecule has 8 heteroatoms. The Balaban J connectivity index is 0.000000169. The molecule has 1 aliphatic heterocycles. The average molecular weight is 1280 g/mol. The Morgan fingerprint density at radius 2 is 0.756 bits per heavy atom. The van der Waals surface area contributed by atoms with Crippen molar-refractivity contribution in [1.29, 1.82) is 0 Å². The smallest absolute Gasteiger partial charge is 0.0920 e. The minimum atomic E-state index is -1.46. The summed E-state index contributed by atoms with van der Waals surface area (Å²) in [5.74, 6) is 0. The summed E-state index contributed by atoms with van der Waals surface area (Å²) in [6, 6.07) is 73.9. The van der Waals surface area contributed by atoms with Gasteiger partial charge in [-0.15, -0.1) is 74.6 Å². The van der Waals surface area contributed by atoms with Crippen molar-refractivity contribution in [1.82, 2.24) is 0 Å². The summed E-state index contributed by atoms with van der Waals surface area (Å²) in [6.07, 6.45) is 0. The first-order valence-corrected chi connectivity index (χ1v) is 50.4. The predicted octanol–water partition coefficient (Wildman–Crippen LogP) is 19.1. The van der Waals surface area contributed by atoms with Crippen molar-refractivity contribution in [3.8, 4) is 55.6 Å². The second-order valence-corrected chi connectivity index (χ2v) is 53.8. The number of hydrogen-bond donors (Lipinski definition) is 0. The zero-order chi connectivity index (χ0) is 59.7. The van der Waals surface area contributed by atoms with Crippen LogP contribution in [-0.4, -0.2) is 41.8 Å². The van der Waals surface area contributed by atoms with E-state index in [1.54, 1.807) is 20.7 Å². The molecule has 0 unspecified atom stereocenters. The Morgan fingerprint density at radius 1 is 0.402 bits per heavy atom. The third-order valence-corrected chi connectivity index (χ3v) is 25.3. The van der Waals surface area contributed by atoms with Gasteiger partial charge < -0.3 is 0 Å². The summed E-state index contributed by atoms with van der Waals surface area (Å²) in [7, 11) is 4.81. The molecule has 0 N–H and O–H groups in total. The van der Waals surface area contributed by atoms with Crippen LogP contribution in [0.5, 0.6) is 0 Å². The first-order valence-electron chi connectivity index (χ1n) is 29.1. The van der Waals surface area contributed by atoms with E-state index in [0.717, 1.165) is 9.52 Å². The fraction of sp³-hybridized carbons (Fsp3) is 0.270. The van der Waals surface area contributed by atoms with Gasteiger partial charge in [-0.05, 0) is 44.2 Å². The number of rotatable bonds is 8. The molecule has 1 aliphatic rings. The van der Waals surface area contributed by atoms with E-state index in [9.17, 15) is 0 Å². The van der Waals surface area contributed by atoms with Crippen molar-refractivity contribution in [2.24, 2.45) is 0 Å². The normalized spacial score (nSPS) is 12.6. The van der Waals surface area contributed by atoms with Crippen LogP contribution in [-0.2, 0) is 31.7 Å². The molecule has 0 nitrogen and oxygen atoms in total. The third kappa shape index (κ3) is 14.9. The van der Waals surface area contributed by atoms with Gasteiger partial charge in [-0.2, -0.15) is 29.5 Å². The molecule has 0 saturated carbocycles. The summed E-state index contributed by atoms with van der Waals surface area (Å²) >= 11 is -0.826. The van der Waals surface area contributed by atoms with E-state index in [4.69, 9.17) is 17.0 Å². The molecule has 82 heavy (non-hydrogen) atoms. The van der Waals surface area contributed by atoms with Crippen LogP contribution in [0.4, 0.5) is 0 Å². The molecular weight excluding hydrogens is 1190 g/mol. The van der Waals surface area contributed by atoms with Crippen LogP contribution in [0.25, 0.3) is 77.2 Å². The molecule has 10 aromatic rings. The SMILES string of the molecule is CC(C)(C)c1ccc2[cH-]c(-c3ccccc3)cc2c1-c1cc([Si](C)(C)C)cc([Si](C)(C)C)c1.CC(C)(C)c1ccc2[cH-]c(-c3ccccc3)cc2c1-c1cc([Si](C)(C)C)cc([Si](C)(C)C)c1.[Cl][Zr][Cl].[c-]1cccc2c1[Si]c1ccccc1-2. The predicted molar refractivity (Wildman–Crippen MR) is 378 cm³/mol. The molecule has 0 aliphatic carbocycles. The maximum Gasteiger partial charge on any atom is 0.0920 e. The topological polar surface area (TPSA) is 0 Å².